The number of hydrogen-bond donors (Lipinski definition) is 1. The minimum Gasteiger partial charge on any atom is -0.423 e. The first kappa shape index (κ1) is 8.65. The second-order valence-electron chi connectivity index (χ2n) is 3.02. The molecule has 0 radical (unpaired) electrons. The predicted molar refractivity (Wildman–Crippen MR) is 43.5 cm³/mol. The number of hydrogen-bond acceptors (Lipinski definition) is 2. The fourth-order valence-corrected chi connectivity index (χ4v) is 1.54. The van der Waals surface area contributed by atoms with Crippen LogP contribution < -0.4 is 5.46 Å². The monoisotopic (exact) mass is 184 g/mol. The van der Waals surface area contributed by atoms with E-state index in [1.165, 1.54) is 6.07 Å². The molecule has 0 amide bonds. The van der Waals surface area contributed by atoms with Crippen LogP contribution in [0, 0.1) is 11.6 Å². The molecule has 0 unspecified atom stereocenters. The molecule has 2 nitrogen and oxygen atoms in total. The lowest BCUT2D eigenvalue weighted by atomic mass is 9.79. The molecule has 13 heavy (non-hydrogen) atoms. The highest BCUT2D eigenvalue weighted by atomic mass is 19.1. The van der Waals surface area contributed by atoms with E-state index in [0.29, 0.717) is 5.56 Å². The minimum atomic E-state index is -1.27. The van der Waals surface area contributed by atoms with Crippen LogP contribution >= 0.6 is 0 Å². The quantitative estimate of drug-likeness (QED) is 0.602. The molecule has 0 bridgehead atoms. The van der Waals surface area contributed by atoms with Crippen molar-refractivity contribution in [1.29, 1.82) is 0 Å². The highest BCUT2D eigenvalue weighted by molar-refractivity contribution is 6.61. The maximum Gasteiger partial charge on any atom is 0.494 e. The van der Waals surface area contributed by atoms with Gasteiger partial charge >= 0.3 is 7.12 Å². The third-order valence-corrected chi connectivity index (χ3v) is 2.14. The lowest BCUT2D eigenvalue weighted by molar-refractivity contribution is 0.208. The second kappa shape index (κ2) is 2.78. The van der Waals surface area contributed by atoms with E-state index < -0.39 is 24.9 Å². The predicted octanol–water partition coefficient (Wildman–Crippen LogP) is 0.744. The van der Waals surface area contributed by atoms with Crippen molar-refractivity contribution in [2.24, 2.45) is 0 Å². The molecule has 1 atom stereocenters. The number of fused-ring (bicyclic) bond motifs is 1. The average Bonchev–Trinajstić information content (AvgIpc) is 2.27. The maximum atomic E-state index is 13.1. The first-order valence-corrected chi connectivity index (χ1v) is 3.92. The highest BCUT2D eigenvalue weighted by Gasteiger charge is 2.35. The molecule has 0 fully saturated rings. The molecule has 5 heteroatoms. The van der Waals surface area contributed by atoms with Gasteiger partial charge in [0.2, 0.25) is 0 Å². The molecule has 1 aliphatic rings. The zero-order valence-electron chi connectivity index (χ0n) is 6.92. The Kier molecular flexibility index (Phi) is 1.85. The molecule has 1 aromatic carbocycles. The maximum absolute atomic E-state index is 13.1. The molecule has 0 aliphatic carbocycles. The summed E-state index contributed by atoms with van der Waals surface area (Å²) in [7, 11) is -1.27. The summed E-state index contributed by atoms with van der Waals surface area (Å²) in [6, 6.07) is 1.92. The Bertz CT molecular complexity index is 356. The number of benzene rings is 1. The summed E-state index contributed by atoms with van der Waals surface area (Å²) in [6.07, 6.45) is -0.463. The van der Waals surface area contributed by atoms with Crippen LogP contribution in [0.25, 0.3) is 0 Å². The second-order valence-corrected chi connectivity index (χ2v) is 3.02. The molecule has 0 saturated heterocycles. The van der Waals surface area contributed by atoms with Crippen molar-refractivity contribution < 1.29 is 18.5 Å². The van der Waals surface area contributed by atoms with Crippen molar-refractivity contribution in [1.82, 2.24) is 0 Å². The van der Waals surface area contributed by atoms with Crippen LogP contribution in [0.5, 0.6) is 0 Å². The van der Waals surface area contributed by atoms with Gasteiger partial charge in [-0.3, -0.25) is 0 Å². The van der Waals surface area contributed by atoms with Gasteiger partial charge in [0.15, 0.2) is 0 Å². The third kappa shape index (κ3) is 1.24. The Hall–Kier alpha value is -0.935. The summed E-state index contributed by atoms with van der Waals surface area (Å²) in [5.41, 5.74) is 0.430. The first-order valence-electron chi connectivity index (χ1n) is 3.92. The van der Waals surface area contributed by atoms with Crippen molar-refractivity contribution in [3.63, 3.8) is 0 Å². The van der Waals surface area contributed by atoms with Gasteiger partial charge in [0.25, 0.3) is 0 Å². The fraction of sp³-hybridized carbons (Fsp3) is 0.250. The van der Waals surface area contributed by atoms with Crippen LogP contribution in [-0.2, 0) is 4.65 Å². The molecule has 2 rings (SSSR count). The Balaban J connectivity index is 2.63. The number of rotatable bonds is 0. The van der Waals surface area contributed by atoms with Crippen LogP contribution in [0.1, 0.15) is 18.6 Å². The van der Waals surface area contributed by atoms with Gasteiger partial charge in [-0.05, 0) is 18.6 Å². The lowest BCUT2D eigenvalue weighted by Gasteiger charge is -2.03. The molecule has 1 heterocycles. The molecule has 1 aliphatic heterocycles. The van der Waals surface area contributed by atoms with Crippen LogP contribution in [-0.4, -0.2) is 12.1 Å². The van der Waals surface area contributed by atoms with E-state index >= 15 is 0 Å². The van der Waals surface area contributed by atoms with Crippen molar-refractivity contribution in [3.8, 4) is 0 Å². The van der Waals surface area contributed by atoms with Gasteiger partial charge in [0.05, 0.1) is 6.10 Å². The van der Waals surface area contributed by atoms with Crippen LogP contribution in [0.3, 0.4) is 0 Å². The zero-order chi connectivity index (χ0) is 9.59. The summed E-state index contributed by atoms with van der Waals surface area (Å²) in [4.78, 5) is 0. The molecule has 1 aromatic rings. The smallest absolute Gasteiger partial charge is 0.423 e. The highest BCUT2D eigenvalue weighted by Crippen LogP contribution is 2.24. The summed E-state index contributed by atoms with van der Waals surface area (Å²) >= 11 is 0. The zero-order valence-corrected chi connectivity index (χ0v) is 6.92. The summed E-state index contributed by atoms with van der Waals surface area (Å²) < 4.78 is 30.8. The summed E-state index contributed by atoms with van der Waals surface area (Å²) in [5, 5.41) is 9.24. The van der Waals surface area contributed by atoms with Crippen molar-refractivity contribution >= 4 is 12.6 Å². The Labute approximate surface area is 74.3 Å². The standard InChI is InChI=1S/C8H7BF2O2/c1-4-6-2-5(10)3-7(11)8(6)9(12)13-4/h2-4,12H,1H3/t4-/m1/s1. The van der Waals surface area contributed by atoms with Gasteiger partial charge in [0.1, 0.15) is 11.6 Å². The topological polar surface area (TPSA) is 29.5 Å². The van der Waals surface area contributed by atoms with Gasteiger partial charge in [-0.25, -0.2) is 8.78 Å². The summed E-state index contributed by atoms with van der Waals surface area (Å²) in [6.45, 7) is 1.63. The molecular weight excluding hydrogens is 177 g/mol. The molecule has 68 valence electrons. The number of halogens is 2. The van der Waals surface area contributed by atoms with E-state index in [4.69, 9.17) is 4.65 Å². The van der Waals surface area contributed by atoms with Crippen molar-refractivity contribution in [2.75, 3.05) is 0 Å². The van der Waals surface area contributed by atoms with Crippen LogP contribution in [0.15, 0.2) is 12.1 Å². The Morgan fingerprint density at radius 1 is 1.46 bits per heavy atom. The van der Waals surface area contributed by atoms with Gasteiger partial charge in [0, 0.05) is 11.5 Å². The molecule has 1 N–H and O–H groups in total. The normalized spacial score (nSPS) is 20.6. The van der Waals surface area contributed by atoms with E-state index in [9.17, 15) is 13.8 Å². The molecular formula is C8H7BF2O2. The SMILES string of the molecule is C[C@H]1OB(O)c2c(F)cc(F)cc21. The Morgan fingerprint density at radius 3 is 2.85 bits per heavy atom. The van der Waals surface area contributed by atoms with E-state index in [0.717, 1.165) is 6.07 Å². The van der Waals surface area contributed by atoms with E-state index in [2.05, 4.69) is 0 Å². The van der Waals surface area contributed by atoms with E-state index in [-0.39, 0.29) is 5.46 Å². The lowest BCUT2D eigenvalue weighted by Crippen LogP contribution is -2.31. The molecule has 0 saturated carbocycles. The minimum absolute atomic E-state index is 0.0499. The summed E-state index contributed by atoms with van der Waals surface area (Å²) in [5.74, 6) is -1.41. The van der Waals surface area contributed by atoms with Gasteiger partial charge < -0.3 is 9.68 Å². The third-order valence-electron chi connectivity index (χ3n) is 2.14. The van der Waals surface area contributed by atoms with Crippen molar-refractivity contribution in [3.05, 3.63) is 29.3 Å². The fourth-order valence-electron chi connectivity index (χ4n) is 1.54. The molecule has 0 spiro atoms. The average molecular weight is 184 g/mol. The van der Waals surface area contributed by atoms with Crippen molar-refractivity contribution in [2.45, 2.75) is 13.0 Å². The first-order chi connectivity index (χ1) is 6.09. The van der Waals surface area contributed by atoms with Crippen LogP contribution in [0.2, 0.25) is 0 Å². The largest absolute Gasteiger partial charge is 0.494 e. The Morgan fingerprint density at radius 2 is 2.15 bits per heavy atom. The van der Waals surface area contributed by atoms with Gasteiger partial charge in [-0.2, -0.15) is 0 Å². The van der Waals surface area contributed by atoms with E-state index in [1.54, 1.807) is 6.92 Å². The van der Waals surface area contributed by atoms with Gasteiger partial charge in [-0.1, -0.05) is 0 Å². The van der Waals surface area contributed by atoms with E-state index in [1.807, 2.05) is 0 Å². The van der Waals surface area contributed by atoms with Gasteiger partial charge in [-0.15, -0.1) is 0 Å². The van der Waals surface area contributed by atoms with Crippen LogP contribution in [0.4, 0.5) is 8.78 Å². The molecule has 0 aromatic heterocycles.